The first-order valence-electron chi connectivity index (χ1n) is 5.88. The highest BCUT2D eigenvalue weighted by Gasteiger charge is 2.35. The van der Waals surface area contributed by atoms with Crippen LogP contribution in [0.3, 0.4) is 0 Å². The van der Waals surface area contributed by atoms with Crippen LogP contribution in [-0.4, -0.2) is 25.5 Å². The van der Waals surface area contributed by atoms with Crippen LogP contribution in [0.1, 0.15) is 19.3 Å². The van der Waals surface area contributed by atoms with Gasteiger partial charge in [0.2, 0.25) is 10.0 Å². The largest absolute Gasteiger partial charge is 0.481 e. The Labute approximate surface area is 116 Å². The van der Waals surface area contributed by atoms with Crippen LogP contribution in [0, 0.1) is 5.92 Å². The minimum Gasteiger partial charge on any atom is -0.481 e. The van der Waals surface area contributed by atoms with E-state index in [1.807, 2.05) is 0 Å². The van der Waals surface area contributed by atoms with Gasteiger partial charge in [-0.25, -0.2) is 13.1 Å². The molecule has 0 spiro atoms. The summed E-state index contributed by atoms with van der Waals surface area (Å²) in [5, 5.41) is 9.14. The van der Waals surface area contributed by atoms with Crippen LogP contribution >= 0.6 is 11.6 Å². The molecule has 1 atom stereocenters. The van der Waals surface area contributed by atoms with E-state index in [1.165, 1.54) is 12.1 Å². The normalized spacial score (nSPS) is 17.1. The van der Waals surface area contributed by atoms with E-state index in [4.69, 9.17) is 16.7 Å². The summed E-state index contributed by atoms with van der Waals surface area (Å²) in [6, 6.07) is 5.34. The number of hydrogen-bond acceptors (Lipinski definition) is 3. The van der Waals surface area contributed by atoms with Gasteiger partial charge in [0.1, 0.15) is 0 Å². The van der Waals surface area contributed by atoms with Gasteiger partial charge in [0.05, 0.1) is 11.3 Å². The van der Waals surface area contributed by atoms with Gasteiger partial charge in [-0.2, -0.15) is 0 Å². The minimum absolute atomic E-state index is 0.0519. The Bertz CT molecular complexity index is 583. The third-order valence-electron chi connectivity index (χ3n) is 3.00. The number of sulfonamides is 1. The molecule has 0 radical (unpaired) electrons. The van der Waals surface area contributed by atoms with Crippen molar-refractivity contribution in [1.82, 2.24) is 4.72 Å². The van der Waals surface area contributed by atoms with E-state index in [1.54, 1.807) is 12.1 Å². The predicted molar refractivity (Wildman–Crippen MR) is 70.5 cm³/mol. The lowest BCUT2D eigenvalue weighted by atomic mass is 10.1. The molecule has 0 amide bonds. The molecule has 1 unspecified atom stereocenters. The zero-order valence-electron chi connectivity index (χ0n) is 10.0. The van der Waals surface area contributed by atoms with Crippen LogP contribution in [-0.2, 0) is 14.8 Å². The lowest BCUT2D eigenvalue weighted by molar-refractivity contribution is -0.137. The van der Waals surface area contributed by atoms with Gasteiger partial charge in [-0.05, 0) is 37.0 Å². The Morgan fingerprint density at radius 3 is 2.68 bits per heavy atom. The fourth-order valence-corrected chi connectivity index (χ4v) is 3.50. The molecule has 0 aromatic heterocycles. The number of carbonyl (C=O) groups is 1. The maximum atomic E-state index is 12.1. The van der Waals surface area contributed by atoms with Crippen molar-refractivity contribution in [2.24, 2.45) is 5.92 Å². The van der Waals surface area contributed by atoms with Gasteiger partial charge >= 0.3 is 5.97 Å². The molecule has 2 N–H and O–H groups in total. The van der Waals surface area contributed by atoms with Crippen molar-refractivity contribution in [3.05, 3.63) is 29.3 Å². The minimum atomic E-state index is -3.73. The van der Waals surface area contributed by atoms with Gasteiger partial charge in [-0.15, -0.1) is 0 Å². The summed E-state index contributed by atoms with van der Waals surface area (Å²) in [5.41, 5.74) is 0. The van der Waals surface area contributed by atoms with Crippen LogP contribution in [0.5, 0.6) is 0 Å². The van der Waals surface area contributed by atoms with Crippen molar-refractivity contribution in [1.29, 1.82) is 0 Å². The van der Waals surface area contributed by atoms with E-state index in [0.29, 0.717) is 5.02 Å². The molecule has 0 aliphatic heterocycles. The molecule has 1 fully saturated rings. The van der Waals surface area contributed by atoms with E-state index in [2.05, 4.69) is 4.72 Å². The highest BCUT2D eigenvalue weighted by atomic mass is 35.5. The van der Waals surface area contributed by atoms with E-state index in [-0.39, 0.29) is 17.2 Å². The highest BCUT2D eigenvalue weighted by Crippen LogP contribution is 2.34. The van der Waals surface area contributed by atoms with Gasteiger partial charge in [0.25, 0.3) is 0 Å². The first-order chi connectivity index (χ1) is 8.88. The second kappa shape index (κ2) is 5.48. The summed E-state index contributed by atoms with van der Waals surface area (Å²) in [7, 11) is -3.73. The molecule has 7 heteroatoms. The number of hydrogen-bond donors (Lipinski definition) is 2. The second-order valence-corrected chi connectivity index (χ2v) is 6.77. The smallest absolute Gasteiger partial charge is 0.304 e. The second-order valence-electron chi connectivity index (χ2n) is 4.62. The predicted octanol–water partition coefficient (Wildman–Crippen LogP) is 1.87. The fraction of sp³-hybridized carbons (Fsp3) is 0.417. The molecule has 0 saturated heterocycles. The summed E-state index contributed by atoms with van der Waals surface area (Å²) in [6.45, 7) is 0. The molecule has 5 nitrogen and oxygen atoms in total. The number of carboxylic acid groups (broad SMARTS) is 1. The van der Waals surface area contributed by atoms with Gasteiger partial charge in [0.15, 0.2) is 0 Å². The van der Waals surface area contributed by atoms with Gasteiger partial charge in [0, 0.05) is 11.1 Å². The Hall–Kier alpha value is -1.11. The van der Waals surface area contributed by atoms with E-state index >= 15 is 0 Å². The highest BCUT2D eigenvalue weighted by molar-refractivity contribution is 7.89. The summed E-state index contributed by atoms with van der Waals surface area (Å²) >= 11 is 5.76. The van der Waals surface area contributed by atoms with Gasteiger partial charge < -0.3 is 5.11 Å². The average molecular weight is 304 g/mol. The molecular weight excluding hydrogens is 290 g/mol. The molecule has 1 aliphatic rings. The van der Waals surface area contributed by atoms with E-state index < -0.39 is 22.0 Å². The van der Waals surface area contributed by atoms with Crippen molar-refractivity contribution in [3.63, 3.8) is 0 Å². The van der Waals surface area contributed by atoms with Crippen LogP contribution in [0.4, 0.5) is 0 Å². The Morgan fingerprint density at radius 1 is 1.47 bits per heavy atom. The molecule has 1 aromatic rings. The first kappa shape index (κ1) is 14.3. The van der Waals surface area contributed by atoms with E-state index in [9.17, 15) is 13.2 Å². The average Bonchev–Trinajstić information content (AvgIpc) is 3.11. The third-order valence-corrected chi connectivity index (χ3v) is 4.72. The number of rotatable bonds is 6. The fourth-order valence-electron chi connectivity index (χ4n) is 1.89. The number of carboxylic acids is 1. The molecule has 19 heavy (non-hydrogen) atoms. The molecule has 1 aromatic carbocycles. The van der Waals surface area contributed by atoms with Crippen molar-refractivity contribution < 1.29 is 18.3 Å². The number of nitrogens with one attached hydrogen (secondary N) is 1. The zero-order chi connectivity index (χ0) is 14.0. The van der Waals surface area contributed by atoms with Crippen LogP contribution in [0.25, 0.3) is 0 Å². The summed E-state index contributed by atoms with van der Waals surface area (Å²) in [6.07, 6.45) is 1.51. The van der Waals surface area contributed by atoms with Crippen molar-refractivity contribution in [2.75, 3.05) is 0 Å². The zero-order valence-corrected chi connectivity index (χ0v) is 11.6. The number of halogens is 1. The van der Waals surface area contributed by atoms with Crippen molar-refractivity contribution in [2.45, 2.75) is 30.2 Å². The standard InChI is InChI=1S/C12H14ClNO4S/c13-9-2-1-3-10(6-9)19(17,18)14-11(7-12(15)16)8-4-5-8/h1-3,6,8,11,14H,4-5,7H2,(H,15,16). The van der Waals surface area contributed by atoms with Gasteiger partial charge in [-0.1, -0.05) is 17.7 Å². The van der Waals surface area contributed by atoms with Crippen LogP contribution in [0.2, 0.25) is 5.02 Å². The SMILES string of the molecule is O=C(O)CC(NS(=O)(=O)c1cccc(Cl)c1)C1CC1. The Balaban J connectivity index is 2.17. The van der Waals surface area contributed by atoms with Crippen LogP contribution < -0.4 is 4.72 Å². The molecule has 2 rings (SSSR count). The first-order valence-corrected chi connectivity index (χ1v) is 7.74. The van der Waals surface area contributed by atoms with Crippen molar-refractivity contribution >= 4 is 27.6 Å². The molecule has 0 bridgehead atoms. The maximum absolute atomic E-state index is 12.1. The number of benzene rings is 1. The monoisotopic (exact) mass is 303 g/mol. The van der Waals surface area contributed by atoms with Gasteiger partial charge in [-0.3, -0.25) is 4.79 Å². The topological polar surface area (TPSA) is 83.5 Å². The molecular formula is C12H14ClNO4S. The Morgan fingerprint density at radius 2 is 2.16 bits per heavy atom. The van der Waals surface area contributed by atoms with E-state index in [0.717, 1.165) is 12.8 Å². The number of aliphatic carboxylic acids is 1. The maximum Gasteiger partial charge on any atom is 0.304 e. The quantitative estimate of drug-likeness (QED) is 0.840. The lowest BCUT2D eigenvalue weighted by Crippen LogP contribution is -2.38. The summed E-state index contributed by atoms with van der Waals surface area (Å²) < 4.78 is 26.8. The third kappa shape index (κ3) is 3.92. The van der Waals surface area contributed by atoms with Crippen molar-refractivity contribution in [3.8, 4) is 0 Å². The van der Waals surface area contributed by atoms with Crippen LogP contribution in [0.15, 0.2) is 29.2 Å². The lowest BCUT2D eigenvalue weighted by Gasteiger charge is -2.16. The summed E-state index contributed by atoms with van der Waals surface area (Å²) in [5.74, 6) is -0.893. The molecule has 1 aliphatic carbocycles. The Kier molecular flexibility index (Phi) is 4.13. The molecule has 1 saturated carbocycles. The molecule has 0 heterocycles. The summed E-state index contributed by atoms with van der Waals surface area (Å²) in [4.78, 5) is 10.8. The molecule has 104 valence electrons.